The van der Waals surface area contributed by atoms with E-state index in [1.54, 1.807) is 26.6 Å². The second-order valence-electron chi connectivity index (χ2n) is 4.03. The Kier molecular flexibility index (Phi) is 3.77. The molecule has 0 radical (unpaired) electrons. The molecule has 0 saturated heterocycles. The number of aryl methyl sites for hydroxylation is 1. The average molecular weight is 244 g/mol. The Morgan fingerprint density at radius 2 is 1.94 bits per heavy atom. The summed E-state index contributed by atoms with van der Waals surface area (Å²) in [6.07, 6.45) is 4.25. The number of ether oxygens (including phenoxy) is 2. The average Bonchev–Trinajstić information content (AvgIpc) is 2.39. The molecule has 0 spiro atoms. The van der Waals surface area contributed by atoms with Crippen LogP contribution in [0.4, 0.5) is 0 Å². The van der Waals surface area contributed by atoms with Gasteiger partial charge >= 0.3 is 0 Å². The molecule has 0 unspecified atom stereocenters. The third-order valence-corrected chi connectivity index (χ3v) is 2.73. The quantitative estimate of drug-likeness (QED) is 0.828. The predicted molar refractivity (Wildman–Crippen MR) is 69.1 cm³/mol. The molecule has 0 fully saturated rings. The molecule has 0 aliphatic carbocycles. The van der Waals surface area contributed by atoms with Crippen molar-refractivity contribution in [3.8, 4) is 11.6 Å². The fourth-order valence-electron chi connectivity index (χ4n) is 1.79. The second-order valence-corrected chi connectivity index (χ2v) is 4.03. The zero-order valence-corrected chi connectivity index (χ0v) is 10.8. The van der Waals surface area contributed by atoms with Crippen LogP contribution < -0.4 is 9.47 Å². The Morgan fingerprint density at radius 3 is 2.61 bits per heavy atom. The molecule has 0 N–H and O–H groups in total. The van der Waals surface area contributed by atoms with Gasteiger partial charge in [0.1, 0.15) is 5.75 Å². The molecule has 0 aromatic carbocycles. The van der Waals surface area contributed by atoms with E-state index in [-0.39, 0.29) is 0 Å². The number of hydrogen-bond acceptors (Lipinski definition) is 4. The zero-order chi connectivity index (χ0) is 13.0. The molecule has 94 valence electrons. The summed E-state index contributed by atoms with van der Waals surface area (Å²) in [5.41, 5.74) is 3.21. The van der Waals surface area contributed by atoms with E-state index in [9.17, 15) is 0 Å². The topological polar surface area (TPSA) is 44.2 Å². The van der Waals surface area contributed by atoms with Gasteiger partial charge in [0.25, 0.3) is 0 Å². The van der Waals surface area contributed by atoms with Gasteiger partial charge in [-0.25, -0.2) is 4.98 Å². The molecule has 2 aromatic heterocycles. The van der Waals surface area contributed by atoms with E-state index in [1.807, 2.05) is 25.1 Å². The number of aromatic nitrogens is 2. The molecule has 4 heteroatoms. The molecule has 0 aliphatic heterocycles. The third kappa shape index (κ3) is 2.77. The fraction of sp³-hybridized carbons (Fsp3) is 0.286. The molecule has 0 aliphatic rings. The van der Waals surface area contributed by atoms with Gasteiger partial charge in [0.15, 0.2) is 0 Å². The Morgan fingerprint density at radius 1 is 1.11 bits per heavy atom. The van der Waals surface area contributed by atoms with Crippen LogP contribution in [0, 0.1) is 6.92 Å². The second kappa shape index (κ2) is 5.49. The lowest BCUT2D eigenvalue weighted by Crippen LogP contribution is -1.97. The van der Waals surface area contributed by atoms with Crippen molar-refractivity contribution < 1.29 is 9.47 Å². The maximum absolute atomic E-state index is 5.19. The predicted octanol–water partition coefficient (Wildman–Crippen LogP) is 2.39. The maximum atomic E-state index is 5.19. The number of hydrogen-bond donors (Lipinski definition) is 0. The molecule has 18 heavy (non-hydrogen) atoms. The number of rotatable bonds is 4. The highest BCUT2D eigenvalue weighted by Crippen LogP contribution is 2.18. The van der Waals surface area contributed by atoms with Gasteiger partial charge in [-0.2, -0.15) is 0 Å². The molecule has 0 atom stereocenters. The summed E-state index contributed by atoms with van der Waals surface area (Å²) in [5.74, 6) is 1.43. The first-order valence-corrected chi connectivity index (χ1v) is 5.71. The largest absolute Gasteiger partial charge is 0.495 e. The lowest BCUT2D eigenvalue weighted by molar-refractivity contribution is 0.397. The van der Waals surface area contributed by atoms with Crippen LogP contribution in [-0.4, -0.2) is 24.2 Å². The lowest BCUT2D eigenvalue weighted by atomic mass is 10.1. The summed E-state index contributed by atoms with van der Waals surface area (Å²) in [5, 5.41) is 0. The summed E-state index contributed by atoms with van der Waals surface area (Å²) in [6, 6.07) is 5.91. The van der Waals surface area contributed by atoms with Gasteiger partial charge in [-0.3, -0.25) is 4.98 Å². The van der Waals surface area contributed by atoms with E-state index in [0.29, 0.717) is 5.88 Å². The standard InChI is InChI=1S/C14H16N2O2/c1-10-6-12(16-9-13(10)17-2)7-11-4-5-15-14(8-11)18-3/h4-6,8-9H,7H2,1-3H3. The van der Waals surface area contributed by atoms with E-state index in [0.717, 1.165) is 29.0 Å². The van der Waals surface area contributed by atoms with Crippen molar-refractivity contribution in [3.63, 3.8) is 0 Å². The molecule has 2 rings (SSSR count). The first-order valence-electron chi connectivity index (χ1n) is 5.71. The first kappa shape index (κ1) is 12.4. The molecular weight excluding hydrogens is 228 g/mol. The summed E-state index contributed by atoms with van der Waals surface area (Å²) in [7, 11) is 3.26. The molecule has 0 bridgehead atoms. The minimum atomic E-state index is 0.623. The molecule has 2 heterocycles. The molecule has 4 nitrogen and oxygen atoms in total. The van der Waals surface area contributed by atoms with Crippen molar-refractivity contribution in [1.29, 1.82) is 0 Å². The fourth-order valence-corrected chi connectivity index (χ4v) is 1.79. The highest BCUT2D eigenvalue weighted by atomic mass is 16.5. The Hall–Kier alpha value is -2.10. The van der Waals surface area contributed by atoms with Gasteiger partial charge in [-0.1, -0.05) is 0 Å². The number of pyridine rings is 2. The Bertz CT molecular complexity index is 541. The van der Waals surface area contributed by atoms with Gasteiger partial charge in [-0.15, -0.1) is 0 Å². The van der Waals surface area contributed by atoms with Gasteiger partial charge in [0, 0.05) is 24.4 Å². The van der Waals surface area contributed by atoms with E-state index in [1.165, 1.54) is 0 Å². The molecule has 2 aromatic rings. The van der Waals surface area contributed by atoms with Crippen molar-refractivity contribution in [2.45, 2.75) is 13.3 Å². The highest BCUT2D eigenvalue weighted by molar-refractivity contribution is 5.33. The minimum absolute atomic E-state index is 0.623. The first-order chi connectivity index (χ1) is 8.72. The van der Waals surface area contributed by atoms with Crippen LogP contribution in [0.25, 0.3) is 0 Å². The van der Waals surface area contributed by atoms with Gasteiger partial charge < -0.3 is 9.47 Å². The van der Waals surface area contributed by atoms with Crippen molar-refractivity contribution in [2.24, 2.45) is 0 Å². The molecule has 0 amide bonds. The Balaban J connectivity index is 2.20. The monoisotopic (exact) mass is 244 g/mol. The van der Waals surface area contributed by atoms with Crippen LogP contribution in [0.5, 0.6) is 11.6 Å². The van der Waals surface area contributed by atoms with Crippen molar-refractivity contribution in [3.05, 3.63) is 47.4 Å². The maximum Gasteiger partial charge on any atom is 0.213 e. The summed E-state index contributed by atoms with van der Waals surface area (Å²) >= 11 is 0. The normalized spacial score (nSPS) is 10.2. The third-order valence-electron chi connectivity index (χ3n) is 2.73. The van der Waals surface area contributed by atoms with Crippen LogP contribution in [-0.2, 0) is 6.42 Å². The van der Waals surface area contributed by atoms with Crippen molar-refractivity contribution >= 4 is 0 Å². The number of methoxy groups -OCH3 is 2. The summed E-state index contributed by atoms with van der Waals surface area (Å²) < 4.78 is 10.3. The van der Waals surface area contributed by atoms with Crippen LogP contribution in [0.3, 0.4) is 0 Å². The summed E-state index contributed by atoms with van der Waals surface area (Å²) in [6.45, 7) is 2.01. The molecule has 0 saturated carbocycles. The summed E-state index contributed by atoms with van der Waals surface area (Å²) in [4.78, 5) is 8.46. The van der Waals surface area contributed by atoms with E-state index < -0.39 is 0 Å². The van der Waals surface area contributed by atoms with Crippen LogP contribution in [0.1, 0.15) is 16.8 Å². The number of nitrogens with zero attached hydrogens (tertiary/aromatic N) is 2. The minimum Gasteiger partial charge on any atom is -0.495 e. The zero-order valence-electron chi connectivity index (χ0n) is 10.8. The lowest BCUT2D eigenvalue weighted by Gasteiger charge is -2.07. The van der Waals surface area contributed by atoms with Crippen LogP contribution >= 0.6 is 0 Å². The van der Waals surface area contributed by atoms with Gasteiger partial charge in [0.2, 0.25) is 5.88 Å². The van der Waals surface area contributed by atoms with Crippen LogP contribution in [0.2, 0.25) is 0 Å². The van der Waals surface area contributed by atoms with E-state index in [2.05, 4.69) is 9.97 Å². The van der Waals surface area contributed by atoms with Gasteiger partial charge in [-0.05, 0) is 30.2 Å². The van der Waals surface area contributed by atoms with Crippen molar-refractivity contribution in [1.82, 2.24) is 9.97 Å². The van der Waals surface area contributed by atoms with E-state index in [4.69, 9.17) is 9.47 Å². The molecular formula is C14H16N2O2. The Labute approximate surface area is 107 Å². The van der Waals surface area contributed by atoms with E-state index >= 15 is 0 Å². The van der Waals surface area contributed by atoms with Gasteiger partial charge in [0.05, 0.1) is 20.4 Å². The van der Waals surface area contributed by atoms with Crippen LogP contribution in [0.15, 0.2) is 30.6 Å². The SMILES string of the molecule is COc1cc(Cc2cc(C)c(OC)cn2)ccn1. The highest BCUT2D eigenvalue weighted by Gasteiger charge is 2.04. The smallest absolute Gasteiger partial charge is 0.213 e. The van der Waals surface area contributed by atoms with Crippen molar-refractivity contribution in [2.75, 3.05) is 14.2 Å².